The SMILES string of the molecule is CNC(=O)[C@H](Cc1ccc2ccccc2c1)N1CCN(C(=O)[C@@H](Cc2ccc(F)cc2)NC(=O)OC(C)(C)C)[C@@H](C/C=N/N=C(N)N)C1=O. The fraction of sp³-hybridized carbons (Fsp3) is 0.371. The molecule has 6 N–H and O–H groups in total. The number of fused-ring (bicyclic) bond motifs is 1. The standard InChI is InChI=1S/C35H43FN8O5/c1-35(2,3)49-34(48)41-27(20-22-10-13-26(36)14-11-22)31(46)43-17-18-44(32(47)28(43)15-16-40-42-33(37)38)29(30(45)39-4)21-23-9-12-24-7-5-6-8-25(24)19-23/h5-14,16,19,27-29H,15,17-18,20-21H2,1-4H3,(H,39,45)(H,41,48)(H4,37,38,42)/b40-16+/t27-,28+,29+/m1/s1. The summed E-state index contributed by atoms with van der Waals surface area (Å²) in [5, 5.41) is 14.8. The fourth-order valence-corrected chi connectivity index (χ4v) is 5.67. The second-order valence-corrected chi connectivity index (χ2v) is 12.7. The number of nitrogens with zero attached hydrogens (tertiary/aromatic N) is 4. The van der Waals surface area contributed by atoms with Crippen molar-refractivity contribution in [2.24, 2.45) is 21.7 Å². The number of nitrogens with two attached hydrogens (primary N) is 2. The highest BCUT2D eigenvalue weighted by molar-refractivity contribution is 5.96. The molecule has 4 amide bonds. The van der Waals surface area contributed by atoms with Gasteiger partial charge in [-0.3, -0.25) is 14.4 Å². The molecule has 3 aromatic carbocycles. The molecule has 0 spiro atoms. The van der Waals surface area contributed by atoms with Crippen molar-refractivity contribution in [1.82, 2.24) is 20.4 Å². The second-order valence-electron chi connectivity index (χ2n) is 12.7. The molecule has 0 radical (unpaired) electrons. The Kier molecular flexibility index (Phi) is 11.9. The van der Waals surface area contributed by atoms with Crippen molar-refractivity contribution in [3.63, 3.8) is 0 Å². The molecule has 3 atom stereocenters. The third-order valence-electron chi connectivity index (χ3n) is 7.90. The lowest BCUT2D eigenvalue weighted by atomic mass is 9.97. The van der Waals surface area contributed by atoms with Crippen LogP contribution in [0.5, 0.6) is 0 Å². The Bertz CT molecular complexity index is 1720. The van der Waals surface area contributed by atoms with Gasteiger partial charge >= 0.3 is 6.09 Å². The van der Waals surface area contributed by atoms with Gasteiger partial charge in [0.25, 0.3) is 0 Å². The van der Waals surface area contributed by atoms with Crippen LogP contribution in [0.25, 0.3) is 10.8 Å². The topological polar surface area (TPSA) is 185 Å². The van der Waals surface area contributed by atoms with Crippen LogP contribution >= 0.6 is 0 Å². The van der Waals surface area contributed by atoms with Crippen molar-refractivity contribution >= 4 is 46.8 Å². The van der Waals surface area contributed by atoms with Gasteiger partial charge < -0.3 is 36.6 Å². The second kappa shape index (κ2) is 16.0. The molecule has 0 aliphatic carbocycles. The first-order chi connectivity index (χ1) is 23.3. The van der Waals surface area contributed by atoms with Crippen molar-refractivity contribution in [2.75, 3.05) is 20.1 Å². The quantitative estimate of drug-likeness (QED) is 0.137. The van der Waals surface area contributed by atoms with E-state index in [9.17, 15) is 23.6 Å². The molecule has 0 bridgehead atoms. The van der Waals surface area contributed by atoms with E-state index in [1.54, 1.807) is 20.8 Å². The minimum atomic E-state index is -1.18. The number of rotatable bonds is 11. The Morgan fingerprint density at radius 2 is 1.67 bits per heavy atom. The molecule has 14 heteroatoms. The Balaban J connectivity index is 1.66. The minimum Gasteiger partial charge on any atom is -0.444 e. The van der Waals surface area contributed by atoms with Crippen LogP contribution in [0.3, 0.4) is 0 Å². The summed E-state index contributed by atoms with van der Waals surface area (Å²) in [6.45, 7) is 5.13. The predicted molar refractivity (Wildman–Crippen MR) is 185 cm³/mol. The number of piperazine rings is 1. The van der Waals surface area contributed by atoms with Crippen molar-refractivity contribution in [1.29, 1.82) is 0 Å². The molecule has 260 valence electrons. The molecule has 1 aliphatic heterocycles. The van der Waals surface area contributed by atoms with Gasteiger partial charge in [0.15, 0.2) is 0 Å². The van der Waals surface area contributed by atoms with E-state index >= 15 is 0 Å². The summed E-state index contributed by atoms with van der Waals surface area (Å²) in [5.74, 6) is -2.19. The van der Waals surface area contributed by atoms with E-state index in [4.69, 9.17) is 16.2 Å². The van der Waals surface area contributed by atoms with Gasteiger partial charge in [0.05, 0.1) is 0 Å². The molecule has 4 rings (SSSR count). The predicted octanol–water partition coefficient (Wildman–Crippen LogP) is 2.46. The highest BCUT2D eigenvalue weighted by Crippen LogP contribution is 2.23. The number of halogens is 1. The van der Waals surface area contributed by atoms with E-state index in [0.29, 0.717) is 5.56 Å². The average Bonchev–Trinajstić information content (AvgIpc) is 3.05. The Morgan fingerprint density at radius 1 is 1.00 bits per heavy atom. The molecule has 1 aliphatic rings. The number of likely N-dealkylation sites (N-methyl/N-ethyl adjacent to an activating group) is 1. The fourth-order valence-electron chi connectivity index (χ4n) is 5.67. The van der Waals surface area contributed by atoms with E-state index < -0.39 is 47.5 Å². The lowest BCUT2D eigenvalue weighted by molar-refractivity contribution is -0.156. The van der Waals surface area contributed by atoms with Gasteiger partial charge in [0.2, 0.25) is 23.7 Å². The Hall–Kier alpha value is -5.53. The molecular formula is C35H43FN8O5. The van der Waals surface area contributed by atoms with Crippen LogP contribution in [0.2, 0.25) is 0 Å². The van der Waals surface area contributed by atoms with Crippen LogP contribution in [0.4, 0.5) is 9.18 Å². The summed E-state index contributed by atoms with van der Waals surface area (Å²) in [7, 11) is 1.50. The molecule has 0 saturated carbocycles. The molecule has 1 saturated heterocycles. The van der Waals surface area contributed by atoms with E-state index in [1.165, 1.54) is 47.3 Å². The number of benzene rings is 3. The lowest BCUT2D eigenvalue weighted by Gasteiger charge is -2.44. The largest absolute Gasteiger partial charge is 0.444 e. The minimum absolute atomic E-state index is 0.00952. The summed E-state index contributed by atoms with van der Waals surface area (Å²) in [6.07, 6.45) is 0.598. The Labute approximate surface area is 284 Å². The van der Waals surface area contributed by atoms with E-state index in [1.807, 2.05) is 42.5 Å². The van der Waals surface area contributed by atoms with Gasteiger partial charge in [-0.25, -0.2) is 9.18 Å². The zero-order chi connectivity index (χ0) is 35.7. The number of alkyl carbamates (subject to hydrolysis) is 1. The lowest BCUT2D eigenvalue weighted by Crippen LogP contribution is -2.65. The smallest absolute Gasteiger partial charge is 0.408 e. The Morgan fingerprint density at radius 3 is 2.33 bits per heavy atom. The number of carbonyl (C=O) groups is 4. The normalized spacial score (nSPS) is 16.3. The van der Waals surface area contributed by atoms with Gasteiger partial charge in [-0.2, -0.15) is 5.10 Å². The highest BCUT2D eigenvalue weighted by Gasteiger charge is 2.43. The zero-order valence-electron chi connectivity index (χ0n) is 28.1. The first-order valence-electron chi connectivity index (χ1n) is 15.9. The highest BCUT2D eigenvalue weighted by atomic mass is 19.1. The third-order valence-corrected chi connectivity index (χ3v) is 7.90. The maximum Gasteiger partial charge on any atom is 0.408 e. The van der Waals surface area contributed by atoms with Crippen LogP contribution in [-0.2, 0) is 32.0 Å². The van der Waals surface area contributed by atoms with Crippen molar-refractivity contribution in [2.45, 2.75) is 63.8 Å². The average molecular weight is 675 g/mol. The van der Waals surface area contributed by atoms with Crippen LogP contribution in [0, 0.1) is 5.82 Å². The monoisotopic (exact) mass is 674 g/mol. The maximum atomic E-state index is 14.3. The summed E-state index contributed by atoms with van der Waals surface area (Å²) in [6, 6.07) is 16.0. The molecule has 49 heavy (non-hydrogen) atoms. The maximum absolute atomic E-state index is 14.3. The van der Waals surface area contributed by atoms with Crippen molar-refractivity contribution in [3.8, 4) is 0 Å². The first-order valence-corrected chi connectivity index (χ1v) is 15.9. The molecule has 3 aromatic rings. The summed E-state index contributed by atoms with van der Waals surface area (Å²) >= 11 is 0. The van der Waals surface area contributed by atoms with E-state index in [2.05, 4.69) is 20.8 Å². The number of ether oxygens (including phenoxy) is 1. The van der Waals surface area contributed by atoms with E-state index in [-0.39, 0.29) is 44.2 Å². The molecule has 0 aromatic heterocycles. The summed E-state index contributed by atoms with van der Waals surface area (Å²) in [5.41, 5.74) is 11.4. The zero-order valence-corrected chi connectivity index (χ0v) is 28.1. The molecular weight excluding hydrogens is 631 g/mol. The number of carbonyl (C=O) groups excluding carboxylic acids is 4. The molecule has 0 unspecified atom stereocenters. The van der Waals surface area contributed by atoms with Gasteiger partial charge in [-0.05, 0) is 54.8 Å². The third kappa shape index (κ3) is 9.98. The number of nitrogens with one attached hydrogen (secondary N) is 2. The van der Waals surface area contributed by atoms with Gasteiger partial charge in [-0.15, -0.1) is 5.10 Å². The van der Waals surface area contributed by atoms with Gasteiger partial charge in [0.1, 0.15) is 29.5 Å². The number of hydrogen-bond acceptors (Lipinski definition) is 7. The first kappa shape index (κ1) is 36.3. The molecule has 1 heterocycles. The number of amides is 4. The molecule has 1 fully saturated rings. The van der Waals surface area contributed by atoms with E-state index in [0.717, 1.165) is 16.3 Å². The van der Waals surface area contributed by atoms with Gasteiger partial charge in [0, 0.05) is 45.6 Å². The van der Waals surface area contributed by atoms with Crippen molar-refractivity contribution in [3.05, 3.63) is 83.7 Å². The van der Waals surface area contributed by atoms with Gasteiger partial charge in [-0.1, -0.05) is 54.6 Å². The van der Waals surface area contributed by atoms with Crippen LogP contribution in [0.1, 0.15) is 38.3 Å². The van der Waals surface area contributed by atoms with Crippen LogP contribution in [-0.4, -0.2) is 89.7 Å². The summed E-state index contributed by atoms with van der Waals surface area (Å²) < 4.78 is 19.1. The van der Waals surface area contributed by atoms with Crippen LogP contribution in [0.15, 0.2) is 76.9 Å². The summed E-state index contributed by atoms with van der Waals surface area (Å²) in [4.78, 5) is 57.6. The van der Waals surface area contributed by atoms with Crippen LogP contribution < -0.4 is 22.1 Å². The number of hydrogen-bond donors (Lipinski definition) is 4. The molecule has 13 nitrogen and oxygen atoms in total. The number of guanidine groups is 1. The van der Waals surface area contributed by atoms with Crippen molar-refractivity contribution < 1.29 is 28.3 Å².